The quantitative estimate of drug-likeness (QED) is 0.715. The zero-order valence-electron chi connectivity index (χ0n) is 13.6. The Morgan fingerprint density at radius 3 is 2.80 bits per heavy atom. The maximum absolute atomic E-state index is 12.4. The van der Waals surface area contributed by atoms with Gasteiger partial charge in [0.1, 0.15) is 16.6 Å². The van der Waals surface area contributed by atoms with Crippen LogP contribution in [0, 0.1) is 0 Å². The Bertz CT molecular complexity index is 780. The van der Waals surface area contributed by atoms with Gasteiger partial charge in [0, 0.05) is 25.7 Å². The fourth-order valence-electron chi connectivity index (χ4n) is 2.44. The molecule has 1 aliphatic heterocycles. The lowest BCUT2D eigenvalue weighted by molar-refractivity contribution is 0.0302. The highest BCUT2D eigenvalue weighted by Crippen LogP contribution is 2.28. The molecule has 1 aromatic carbocycles. The first-order valence-corrected chi connectivity index (χ1v) is 8.13. The number of aromatic nitrogens is 2. The van der Waals surface area contributed by atoms with Crippen LogP contribution in [0.25, 0.3) is 0 Å². The van der Waals surface area contributed by atoms with E-state index in [1.807, 2.05) is 0 Å². The van der Waals surface area contributed by atoms with Crippen molar-refractivity contribution >= 4 is 35.0 Å². The zero-order valence-corrected chi connectivity index (χ0v) is 14.4. The van der Waals surface area contributed by atoms with Crippen LogP contribution < -0.4 is 10.6 Å². The second kappa shape index (κ2) is 7.54. The van der Waals surface area contributed by atoms with Crippen molar-refractivity contribution in [1.29, 1.82) is 0 Å². The van der Waals surface area contributed by atoms with E-state index in [9.17, 15) is 9.90 Å². The molecular formula is C16H18ClN5O3. The van der Waals surface area contributed by atoms with Gasteiger partial charge in [-0.2, -0.15) is 4.98 Å². The summed E-state index contributed by atoms with van der Waals surface area (Å²) in [5, 5.41) is 16.4. The number of carbonyl (C=O) groups is 1. The maximum atomic E-state index is 12.4. The molecule has 0 unspecified atom stereocenters. The van der Waals surface area contributed by atoms with Crippen LogP contribution in [0.5, 0.6) is 5.75 Å². The highest BCUT2D eigenvalue weighted by molar-refractivity contribution is 6.32. The van der Waals surface area contributed by atoms with Crippen LogP contribution in [-0.4, -0.2) is 59.2 Å². The Kier molecular flexibility index (Phi) is 5.20. The molecule has 132 valence electrons. The molecule has 2 heterocycles. The number of morpholine rings is 1. The lowest BCUT2D eigenvalue weighted by Crippen LogP contribution is -2.40. The maximum Gasteiger partial charge on any atom is 0.254 e. The van der Waals surface area contributed by atoms with Gasteiger partial charge in [-0.3, -0.25) is 4.79 Å². The second-order valence-electron chi connectivity index (χ2n) is 5.40. The zero-order chi connectivity index (χ0) is 17.8. The van der Waals surface area contributed by atoms with Crippen LogP contribution >= 0.6 is 11.6 Å². The topological polar surface area (TPSA) is 99.6 Å². The van der Waals surface area contributed by atoms with E-state index in [0.29, 0.717) is 48.4 Å². The van der Waals surface area contributed by atoms with Gasteiger partial charge >= 0.3 is 0 Å². The SMILES string of the molecule is CNc1nc(Nc2ccc(C(=O)N3CCOCC3)cc2O)ncc1Cl. The summed E-state index contributed by atoms with van der Waals surface area (Å²) in [6.07, 6.45) is 1.45. The molecule has 2 aromatic rings. The highest BCUT2D eigenvalue weighted by Gasteiger charge is 2.19. The molecule has 3 rings (SSSR count). The summed E-state index contributed by atoms with van der Waals surface area (Å²) < 4.78 is 5.24. The molecule has 0 spiro atoms. The van der Waals surface area contributed by atoms with Gasteiger partial charge in [-0.1, -0.05) is 11.6 Å². The average Bonchev–Trinajstić information content (AvgIpc) is 2.65. The summed E-state index contributed by atoms with van der Waals surface area (Å²) in [6.45, 7) is 2.15. The summed E-state index contributed by atoms with van der Waals surface area (Å²) in [5.74, 6) is 0.545. The van der Waals surface area contributed by atoms with E-state index in [1.165, 1.54) is 12.3 Å². The lowest BCUT2D eigenvalue weighted by Gasteiger charge is -2.27. The summed E-state index contributed by atoms with van der Waals surface area (Å²) in [5.41, 5.74) is 0.806. The van der Waals surface area contributed by atoms with Gasteiger partial charge in [0.2, 0.25) is 5.95 Å². The van der Waals surface area contributed by atoms with Crippen molar-refractivity contribution < 1.29 is 14.6 Å². The molecule has 3 N–H and O–H groups in total. The van der Waals surface area contributed by atoms with E-state index in [4.69, 9.17) is 16.3 Å². The average molecular weight is 364 g/mol. The second-order valence-corrected chi connectivity index (χ2v) is 5.81. The van der Waals surface area contributed by atoms with Crippen molar-refractivity contribution in [3.05, 3.63) is 35.0 Å². The van der Waals surface area contributed by atoms with Crippen LogP contribution in [0.4, 0.5) is 17.5 Å². The van der Waals surface area contributed by atoms with E-state index in [-0.39, 0.29) is 17.6 Å². The first-order valence-electron chi connectivity index (χ1n) is 7.76. The number of ether oxygens (including phenoxy) is 1. The van der Waals surface area contributed by atoms with Gasteiger partial charge in [0.05, 0.1) is 25.1 Å². The third-order valence-corrected chi connectivity index (χ3v) is 4.05. The molecular weight excluding hydrogens is 346 g/mol. The van der Waals surface area contributed by atoms with Crippen molar-refractivity contribution in [2.24, 2.45) is 0 Å². The summed E-state index contributed by atoms with van der Waals surface area (Å²) in [6, 6.07) is 4.68. The number of halogens is 1. The molecule has 0 aliphatic carbocycles. The van der Waals surface area contributed by atoms with E-state index in [2.05, 4.69) is 20.6 Å². The van der Waals surface area contributed by atoms with Crippen LogP contribution in [0.3, 0.4) is 0 Å². The van der Waals surface area contributed by atoms with E-state index < -0.39 is 0 Å². The minimum atomic E-state index is -0.134. The third kappa shape index (κ3) is 3.92. The van der Waals surface area contributed by atoms with E-state index in [0.717, 1.165) is 0 Å². The minimum Gasteiger partial charge on any atom is -0.506 e. The third-order valence-electron chi connectivity index (χ3n) is 3.77. The molecule has 1 saturated heterocycles. The molecule has 1 fully saturated rings. The largest absolute Gasteiger partial charge is 0.506 e. The monoisotopic (exact) mass is 363 g/mol. The number of hydrogen-bond acceptors (Lipinski definition) is 7. The molecule has 0 bridgehead atoms. The Labute approximate surface area is 149 Å². The number of aromatic hydroxyl groups is 1. The predicted molar refractivity (Wildman–Crippen MR) is 94.7 cm³/mol. The van der Waals surface area contributed by atoms with Gasteiger partial charge in [-0.15, -0.1) is 0 Å². The van der Waals surface area contributed by atoms with Crippen LogP contribution in [0.2, 0.25) is 5.02 Å². The molecule has 1 aromatic heterocycles. The Morgan fingerprint density at radius 1 is 1.36 bits per heavy atom. The first kappa shape index (κ1) is 17.2. The Morgan fingerprint density at radius 2 is 2.12 bits per heavy atom. The normalized spacial score (nSPS) is 14.2. The van der Waals surface area contributed by atoms with Crippen LogP contribution in [-0.2, 0) is 4.74 Å². The van der Waals surface area contributed by atoms with Crippen molar-refractivity contribution in [3.8, 4) is 5.75 Å². The van der Waals surface area contributed by atoms with Gasteiger partial charge < -0.3 is 25.4 Å². The first-order chi connectivity index (χ1) is 12.1. The van der Waals surface area contributed by atoms with Gasteiger partial charge in [-0.25, -0.2) is 4.98 Å². The fourth-order valence-corrected chi connectivity index (χ4v) is 2.63. The van der Waals surface area contributed by atoms with Gasteiger partial charge in [0.25, 0.3) is 5.91 Å². The molecule has 1 amide bonds. The number of rotatable bonds is 4. The fraction of sp³-hybridized carbons (Fsp3) is 0.312. The molecule has 8 nitrogen and oxygen atoms in total. The molecule has 0 radical (unpaired) electrons. The van der Waals surface area contributed by atoms with Gasteiger partial charge in [0.15, 0.2) is 0 Å². The number of phenolic OH excluding ortho intramolecular Hbond substituents is 1. The number of nitrogens with one attached hydrogen (secondary N) is 2. The summed E-state index contributed by atoms with van der Waals surface area (Å²) >= 11 is 5.94. The van der Waals surface area contributed by atoms with Crippen LogP contribution in [0.1, 0.15) is 10.4 Å². The highest BCUT2D eigenvalue weighted by atomic mass is 35.5. The Balaban J connectivity index is 1.76. The standard InChI is InChI=1S/C16H18ClN5O3/c1-18-14-11(17)9-19-16(21-14)20-12-3-2-10(8-13(12)23)15(24)22-4-6-25-7-5-22/h2-3,8-9,23H,4-7H2,1H3,(H2,18,19,20,21). The number of amides is 1. The number of carbonyl (C=O) groups excluding carboxylic acids is 1. The summed E-state index contributed by atoms with van der Waals surface area (Å²) in [7, 11) is 1.70. The number of phenols is 1. The van der Waals surface area contributed by atoms with E-state index >= 15 is 0 Å². The van der Waals surface area contributed by atoms with Crippen molar-refractivity contribution in [2.75, 3.05) is 44.0 Å². The van der Waals surface area contributed by atoms with Crippen molar-refractivity contribution in [2.45, 2.75) is 0 Å². The van der Waals surface area contributed by atoms with E-state index in [1.54, 1.807) is 24.1 Å². The number of anilines is 3. The number of hydrogen-bond donors (Lipinski definition) is 3. The van der Waals surface area contributed by atoms with Crippen molar-refractivity contribution in [1.82, 2.24) is 14.9 Å². The van der Waals surface area contributed by atoms with Crippen molar-refractivity contribution in [3.63, 3.8) is 0 Å². The molecule has 9 heteroatoms. The van der Waals surface area contributed by atoms with Gasteiger partial charge in [-0.05, 0) is 18.2 Å². The number of nitrogens with zero attached hydrogens (tertiary/aromatic N) is 3. The molecule has 25 heavy (non-hydrogen) atoms. The predicted octanol–water partition coefficient (Wildman–Crippen LogP) is 2.09. The molecule has 1 aliphatic rings. The lowest BCUT2D eigenvalue weighted by atomic mass is 10.1. The smallest absolute Gasteiger partial charge is 0.254 e. The minimum absolute atomic E-state index is 0.0660. The molecule has 0 atom stereocenters. The Hall–Kier alpha value is -2.58. The summed E-state index contributed by atoms with van der Waals surface area (Å²) in [4.78, 5) is 22.4. The van der Waals surface area contributed by atoms with Crippen LogP contribution in [0.15, 0.2) is 24.4 Å². The molecule has 0 saturated carbocycles. The number of benzene rings is 1.